The van der Waals surface area contributed by atoms with E-state index >= 15 is 0 Å². The predicted octanol–water partition coefficient (Wildman–Crippen LogP) is 2.20. The molecule has 2 aromatic rings. The van der Waals surface area contributed by atoms with Gasteiger partial charge in [-0.3, -0.25) is 0 Å². The van der Waals surface area contributed by atoms with Crippen LogP contribution in [0.5, 0.6) is 0 Å². The van der Waals surface area contributed by atoms with Gasteiger partial charge in [0.25, 0.3) is 0 Å². The Morgan fingerprint density at radius 2 is 1.63 bits per heavy atom. The zero-order valence-electron chi connectivity index (χ0n) is 9.45. The van der Waals surface area contributed by atoms with Crippen LogP contribution in [-0.4, -0.2) is 28.2 Å². The van der Waals surface area contributed by atoms with Gasteiger partial charge >= 0.3 is 11.9 Å². The molecule has 0 aromatic heterocycles. The molecule has 0 aliphatic rings. The van der Waals surface area contributed by atoms with E-state index in [0.717, 1.165) is 0 Å². The van der Waals surface area contributed by atoms with Crippen LogP contribution in [0.3, 0.4) is 0 Å². The Bertz CT molecular complexity index is 744. The van der Waals surface area contributed by atoms with Crippen LogP contribution in [0.15, 0.2) is 35.3 Å². The van der Waals surface area contributed by atoms with Gasteiger partial charge in [0, 0.05) is 5.39 Å². The van der Waals surface area contributed by atoms with Crippen molar-refractivity contribution < 1.29 is 24.6 Å². The summed E-state index contributed by atoms with van der Waals surface area (Å²) in [5.74, 6) is -2.40. The van der Waals surface area contributed by atoms with Crippen LogP contribution in [-0.2, 0) is 4.79 Å². The molecule has 2 N–H and O–H groups in total. The van der Waals surface area contributed by atoms with Gasteiger partial charge in [-0.2, -0.15) is 4.99 Å². The summed E-state index contributed by atoms with van der Waals surface area (Å²) in [7, 11) is 0. The van der Waals surface area contributed by atoms with Gasteiger partial charge < -0.3 is 10.2 Å². The fourth-order valence-corrected chi connectivity index (χ4v) is 1.87. The minimum atomic E-state index is -1.25. The summed E-state index contributed by atoms with van der Waals surface area (Å²) in [5.41, 5.74) is -0.265. The average Bonchev–Trinajstić information content (AvgIpc) is 2.38. The van der Waals surface area contributed by atoms with Crippen LogP contribution in [0, 0.1) is 0 Å². The minimum absolute atomic E-state index is 0.0109. The molecule has 6 heteroatoms. The third-order valence-electron chi connectivity index (χ3n) is 2.65. The highest BCUT2D eigenvalue weighted by molar-refractivity contribution is 6.11. The number of fused-ring (bicyclic) bond motifs is 1. The van der Waals surface area contributed by atoms with Crippen LogP contribution in [0.4, 0.5) is 5.69 Å². The SMILES string of the molecule is O=C=Nc1c(C(=O)O)ccc2c(C(=O)O)cccc12. The monoisotopic (exact) mass is 257 g/mol. The van der Waals surface area contributed by atoms with Crippen LogP contribution < -0.4 is 0 Å². The highest BCUT2D eigenvalue weighted by Crippen LogP contribution is 2.31. The van der Waals surface area contributed by atoms with Crippen molar-refractivity contribution in [2.45, 2.75) is 0 Å². The molecule has 0 aliphatic carbocycles. The summed E-state index contributed by atoms with van der Waals surface area (Å²) in [6.07, 6.45) is 1.28. The van der Waals surface area contributed by atoms with Crippen molar-refractivity contribution in [3.8, 4) is 0 Å². The molecule has 0 spiro atoms. The summed E-state index contributed by atoms with van der Waals surface area (Å²) < 4.78 is 0. The number of carboxylic acids is 2. The maximum absolute atomic E-state index is 11.1. The molecule has 0 unspecified atom stereocenters. The zero-order valence-corrected chi connectivity index (χ0v) is 9.45. The molecule has 0 bridgehead atoms. The first-order chi connectivity index (χ1) is 9.06. The van der Waals surface area contributed by atoms with E-state index in [1.165, 1.54) is 36.4 Å². The first kappa shape index (κ1) is 12.5. The van der Waals surface area contributed by atoms with Crippen molar-refractivity contribution >= 4 is 34.5 Å². The van der Waals surface area contributed by atoms with E-state index in [9.17, 15) is 14.4 Å². The van der Waals surface area contributed by atoms with Crippen LogP contribution in [0.2, 0.25) is 0 Å². The van der Waals surface area contributed by atoms with Crippen LogP contribution in [0.25, 0.3) is 10.8 Å². The number of hydrogen-bond acceptors (Lipinski definition) is 4. The second-order valence-corrected chi connectivity index (χ2v) is 3.68. The Kier molecular flexibility index (Phi) is 3.10. The Morgan fingerprint density at radius 3 is 2.21 bits per heavy atom. The Balaban J connectivity index is 2.94. The number of carboxylic acid groups (broad SMARTS) is 2. The Hall–Kier alpha value is -2.98. The van der Waals surface area contributed by atoms with Gasteiger partial charge in [0.1, 0.15) is 0 Å². The molecule has 0 amide bonds. The van der Waals surface area contributed by atoms with Crippen LogP contribution >= 0.6 is 0 Å². The third kappa shape index (κ3) is 2.08. The molecule has 0 saturated carbocycles. The van der Waals surface area contributed by atoms with E-state index in [1.54, 1.807) is 0 Å². The fourth-order valence-electron chi connectivity index (χ4n) is 1.87. The molecule has 94 valence electrons. The molecule has 2 rings (SSSR count). The summed E-state index contributed by atoms with van der Waals surface area (Å²) in [4.78, 5) is 35.9. The van der Waals surface area contributed by atoms with Gasteiger partial charge in [-0.25, -0.2) is 14.4 Å². The second kappa shape index (κ2) is 4.72. The zero-order chi connectivity index (χ0) is 14.0. The molecule has 0 radical (unpaired) electrons. The van der Waals surface area contributed by atoms with Crippen molar-refractivity contribution in [1.82, 2.24) is 0 Å². The Morgan fingerprint density at radius 1 is 0.947 bits per heavy atom. The molecule has 0 saturated heterocycles. The van der Waals surface area contributed by atoms with E-state index in [0.29, 0.717) is 5.39 Å². The molecule has 19 heavy (non-hydrogen) atoms. The first-order valence-electron chi connectivity index (χ1n) is 5.16. The fraction of sp³-hybridized carbons (Fsp3) is 0. The summed E-state index contributed by atoms with van der Waals surface area (Å²) in [6.45, 7) is 0. The number of rotatable bonds is 3. The van der Waals surface area contributed by atoms with E-state index in [2.05, 4.69) is 4.99 Å². The molecular weight excluding hydrogens is 250 g/mol. The number of aliphatic imine (C=N–C) groups is 1. The maximum Gasteiger partial charge on any atom is 0.337 e. The maximum atomic E-state index is 11.1. The third-order valence-corrected chi connectivity index (χ3v) is 2.65. The number of hydrogen-bond donors (Lipinski definition) is 2. The van der Waals surface area contributed by atoms with E-state index in [-0.39, 0.29) is 22.2 Å². The quantitative estimate of drug-likeness (QED) is 0.647. The molecule has 0 atom stereocenters. The number of benzene rings is 2. The van der Waals surface area contributed by atoms with Gasteiger partial charge in [0.15, 0.2) is 0 Å². The average molecular weight is 257 g/mol. The summed E-state index contributed by atoms with van der Waals surface area (Å²) >= 11 is 0. The minimum Gasteiger partial charge on any atom is -0.478 e. The molecule has 0 heterocycles. The largest absolute Gasteiger partial charge is 0.478 e. The summed E-state index contributed by atoms with van der Waals surface area (Å²) in [6, 6.07) is 6.95. The van der Waals surface area contributed by atoms with Crippen molar-refractivity contribution in [2.24, 2.45) is 4.99 Å². The highest BCUT2D eigenvalue weighted by Gasteiger charge is 2.16. The standard InChI is InChI=1S/C13H7NO5/c15-6-14-11-8-2-1-3-9(12(16)17)7(8)4-5-10(11)13(18)19/h1-5H,(H,16,17)(H,18,19). The van der Waals surface area contributed by atoms with Gasteiger partial charge in [-0.1, -0.05) is 18.2 Å². The van der Waals surface area contributed by atoms with Crippen molar-refractivity contribution in [2.75, 3.05) is 0 Å². The van der Waals surface area contributed by atoms with E-state index in [4.69, 9.17) is 10.2 Å². The van der Waals surface area contributed by atoms with Gasteiger partial charge in [-0.05, 0) is 17.5 Å². The number of nitrogens with zero attached hydrogens (tertiary/aromatic N) is 1. The highest BCUT2D eigenvalue weighted by atomic mass is 16.4. The first-order valence-corrected chi connectivity index (χ1v) is 5.16. The molecule has 2 aromatic carbocycles. The molecule has 0 fully saturated rings. The van der Waals surface area contributed by atoms with Gasteiger partial charge in [-0.15, -0.1) is 0 Å². The number of aromatic carboxylic acids is 2. The predicted molar refractivity (Wildman–Crippen MR) is 65.6 cm³/mol. The molecular formula is C13H7NO5. The van der Waals surface area contributed by atoms with Crippen molar-refractivity contribution in [3.05, 3.63) is 41.5 Å². The smallest absolute Gasteiger partial charge is 0.337 e. The number of isocyanates is 1. The van der Waals surface area contributed by atoms with Crippen molar-refractivity contribution in [3.63, 3.8) is 0 Å². The van der Waals surface area contributed by atoms with E-state index < -0.39 is 11.9 Å². The lowest BCUT2D eigenvalue weighted by molar-refractivity contribution is 0.0688. The Labute approximate surface area is 106 Å². The normalized spacial score (nSPS) is 9.89. The topological polar surface area (TPSA) is 104 Å². The number of carbonyl (C=O) groups is 2. The molecule has 6 nitrogen and oxygen atoms in total. The van der Waals surface area contributed by atoms with E-state index in [1.807, 2.05) is 0 Å². The lowest BCUT2D eigenvalue weighted by Crippen LogP contribution is -2.00. The van der Waals surface area contributed by atoms with Crippen molar-refractivity contribution in [1.29, 1.82) is 0 Å². The second-order valence-electron chi connectivity index (χ2n) is 3.68. The van der Waals surface area contributed by atoms with Crippen LogP contribution in [0.1, 0.15) is 20.7 Å². The lowest BCUT2D eigenvalue weighted by atomic mass is 10.00. The number of carbonyl (C=O) groups excluding carboxylic acids is 1. The van der Waals surface area contributed by atoms with Gasteiger partial charge in [0.2, 0.25) is 6.08 Å². The lowest BCUT2D eigenvalue weighted by Gasteiger charge is -2.07. The molecule has 0 aliphatic heterocycles. The van der Waals surface area contributed by atoms with Gasteiger partial charge in [0.05, 0.1) is 16.8 Å². The summed E-state index contributed by atoms with van der Waals surface area (Å²) in [5, 5.41) is 18.7.